The first-order valence-electron chi connectivity index (χ1n) is 11.3. The third-order valence-electron chi connectivity index (χ3n) is 7.40. The van der Waals surface area contributed by atoms with Crippen molar-refractivity contribution in [2.24, 2.45) is 16.7 Å². The molecule has 3 unspecified atom stereocenters. The van der Waals surface area contributed by atoms with Crippen LogP contribution in [0.1, 0.15) is 112 Å². The Labute approximate surface area is 169 Å². The Morgan fingerprint density at radius 3 is 2.38 bits per heavy atom. The minimum absolute atomic E-state index is 0.434. The standard InChI is InChI=1S/C25H46S/c1-8-10-11-12-15-18-26-23(5)17-14-13-16-22(4)25(7)20-21(3)19-24(25,6)9-2/h22H,3,5,8-20H2,1-2,4,6-7H3. The maximum atomic E-state index is 4.33. The first-order valence-corrected chi connectivity index (χ1v) is 12.2. The van der Waals surface area contributed by atoms with Gasteiger partial charge in [-0.15, -0.1) is 11.8 Å². The van der Waals surface area contributed by atoms with Crippen molar-refractivity contribution in [1.82, 2.24) is 0 Å². The summed E-state index contributed by atoms with van der Waals surface area (Å²) < 4.78 is 0. The highest BCUT2D eigenvalue weighted by Gasteiger charge is 2.51. The van der Waals surface area contributed by atoms with Gasteiger partial charge in [-0.3, -0.25) is 0 Å². The van der Waals surface area contributed by atoms with Crippen molar-refractivity contribution < 1.29 is 0 Å². The van der Waals surface area contributed by atoms with Crippen LogP contribution in [0.15, 0.2) is 23.6 Å². The molecular formula is C25H46S. The lowest BCUT2D eigenvalue weighted by atomic mass is 9.59. The highest BCUT2D eigenvalue weighted by molar-refractivity contribution is 8.03. The van der Waals surface area contributed by atoms with Gasteiger partial charge in [-0.25, -0.2) is 0 Å². The SMILES string of the molecule is C=C1CC(C)(CC)C(C)(C(C)CCCCC(=C)SCCCCCCC)C1. The number of thioether (sulfide) groups is 1. The van der Waals surface area contributed by atoms with Gasteiger partial charge in [0.25, 0.3) is 0 Å². The Bertz CT molecular complexity index is 437. The van der Waals surface area contributed by atoms with Gasteiger partial charge in [0.1, 0.15) is 0 Å². The molecule has 0 radical (unpaired) electrons. The first kappa shape index (κ1) is 23.9. The molecule has 0 aromatic heterocycles. The monoisotopic (exact) mass is 378 g/mol. The number of hydrogen-bond acceptors (Lipinski definition) is 1. The molecule has 0 nitrogen and oxygen atoms in total. The fourth-order valence-electron chi connectivity index (χ4n) is 4.93. The van der Waals surface area contributed by atoms with Crippen molar-refractivity contribution >= 4 is 11.8 Å². The van der Waals surface area contributed by atoms with Gasteiger partial charge in [-0.2, -0.15) is 0 Å². The molecule has 0 bridgehead atoms. The largest absolute Gasteiger partial charge is 0.131 e. The molecule has 0 heterocycles. The summed E-state index contributed by atoms with van der Waals surface area (Å²) in [6.07, 6.45) is 15.9. The van der Waals surface area contributed by atoms with E-state index in [-0.39, 0.29) is 0 Å². The lowest BCUT2D eigenvalue weighted by Crippen LogP contribution is -2.37. The second-order valence-electron chi connectivity index (χ2n) is 9.38. The third-order valence-corrected chi connectivity index (χ3v) is 8.51. The molecule has 1 heteroatoms. The van der Waals surface area contributed by atoms with Crippen LogP contribution in [0.2, 0.25) is 0 Å². The quantitative estimate of drug-likeness (QED) is 0.214. The summed E-state index contributed by atoms with van der Waals surface area (Å²) in [6, 6.07) is 0. The van der Waals surface area contributed by atoms with Crippen LogP contribution < -0.4 is 0 Å². The van der Waals surface area contributed by atoms with Crippen LogP contribution in [0.25, 0.3) is 0 Å². The van der Waals surface area contributed by atoms with E-state index in [1.54, 1.807) is 0 Å². The number of allylic oxidation sites excluding steroid dienone is 2. The molecule has 0 aromatic carbocycles. The summed E-state index contributed by atoms with van der Waals surface area (Å²) >= 11 is 2.02. The van der Waals surface area contributed by atoms with Gasteiger partial charge < -0.3 is 0 Å². The van der Waals surface area contributed by atoms with Gasteiger partial charge in [0.05, 0.1) is 0 Å². The highest BCUT2D eigenvalue weighted by atomic mass is 32.2. The summed E-state index contributed by atoms with van der Waals surface area (Å²) in [4.78, 5) is 1.41. The minimum Gasteiger partial charge on any atom is -0.131 e. The maximum absolute atomic E-state index is 4.33. The summed E-state index contributed by atoms with van der Waals surface area (Å²) in [5.74, 6) is 2.06. The Morgan fingerprint density at radius 1 is 1.04 bits per heavy atom. The molecule has 0 spiro atoms. The van der Waals surface area contributed by atoms with E-state index in [4.69, 9.17) is 0 Å². The maximum Gasteiger partial charge on any atom is -0.00234 e. The highest BCUT2D eigenvalue weighted by Crippen LogP contribution is 2.60. The van der Waals surface area contributed by atoms with Gasteiger partial charge in [0.15, 0.2) is 0 Å². The molecular weight excluding hydrogens is 332 g/mol. The van der Waals surface area contributed by atoms with Crippen LogP contribution in [0.3, 0.4) is 0 Å². The van der Waals surface area contributed by atoms with E-state index in [9.17, 15) is 0 Å². The van der Waals surface area contributed by atoms with Crippen molar-refractivity contribution in [1.29, 1.82) is 0 Å². The average Bonchev–Trinajstić information content (AvgIpc) is 2.84. The van der Waals surface area contributed by atoms with Crippen molar-refractivity contribution in [3.05, 3.63) is 23.6 Å². The zero-order valence-corrected chi connectivity index (χ0v) is 19.4. The lowest BCUT2D eigenvalue weighted by molar-refractivity contribution is 0.0382. The molecule has 1 aliphatic rings. The second kappa shape index (κ2) is 11.6. The summed E-state index contributed by atoms with van der Waals surface area (Å²) in [5.41, 5.74) is 2.36. The first-order chi connectivity index (χ1) is 12.3. The molecule has 0 N–H and O–H groups in total. The number of rotatable bonds is 14. The zero-order valence-electron chi connectivity index (χ0n) is 18.6. The van der Waals surface area contributed by atoms with E-state index >= 15 is 0 Å². The molecule has 3 atom stereocenters. The second-order valence-corrected chi connectivity index (χ2v) is 10.7. The van der Waals surface area contributed by atoms with Crippen molar-refractivity contribution in [3.63, 3.8) is 0 Å². The molecule has 0 amide bonds. The molecule has 0 aliphatic heterocycles. The number of unbranched alkanes of at least 4 members (excludes halogenated alkanes) is 5. The lowest BCUT2D eigenvalue weighted by Gasteiger charge is -2.45. The van der Waals surface area contributed by atoms with E-state index in [1.165, 1.54) is 93.3 Å². The van der Waals surface area contributed by atoms with Crippen LogP contribution in [-0.4, -0.2) is 5.75 Å². The van der Waals surface area contributed by atoms with Gasteiger partial charge in [0, 0.05) is 0 Å². The molecule has 1 rings (SSSR count). The molecule has 152 valence electrons. The van der Waals surface area contributed by atoms with Crippen molar-refractivity contribution in [2.45, 2.75) is 112 Å². The van der Waals surface area contributed by atoms with Crippen LogP contribution >= 0.6 is 11.8 Å². The molecule has 1 fully saturated rings. The molecule has 1 saturated carbocycles. The molecule has 1 aliphatic carbocycles. The van der Waals surface area contributed by atoms with E-state index in [1.807, 2.05) is 11.8 Å². The van der Waals surface area contributed by atoms with Gasteiger partial charge in [-0.1, -0.05) is 91.9 Å². The number of hydrogen-bond donors (Lipinski definition) is 0. The third kappa shape index (κ3) is 6.77. The van der Waals surface area contributed by atoms with Gasteiger partial charge in [0.2, 0.25) is 0 Å². The van der Waals surface area contributed by atoms with E-state index in [2.05, 4.69) is 47.8 Å². The zero-order chi connectivity index (χ0) is 19.6. The van der Waals surface area contributed by atoms with Crippen LogP contribution in [0, 0.1) is 16.7 Å². The molecule has 0 saturated heterocycles. The Balaban J connectivity index is 2.22. The normalized spacial score (nSPS) is 27.0. The minimum atomic E-state index is 0.434. The average molecular weight is 379 g/mol. The summed E-state index contributed by atoms with van der Waals surface area (Å²) in [6.45, 7) is 20.8. The van der Waals surface area contributed by atoms with Gasteiger partial charge >= 0.3 is 0 Å². The smallest absolute Gasteiger partial charge is 0.00234 e. The van der Waals surface area contributed by atoms with Crippen LogP contribution in [0.5, 0.6) is 0 Å². The predicted molar refractivity (Wildman–Crippen MR) is 123 cm³/mol. The molecule has 0 aromatic rings. The van der Waals surface area contributed by atoms with Crippen LogP contribution in [-0.2, 0) is 0 Å². The van der Waals surface area contributed by atoms with Crippen molar-refractivity contribution in [2.75, 3.05) is 5.75 Å². The van der Waals surface area contributed by atoms with E-state index in [0.29, 0.717) is 10.8 Å². The summed E-state index contributed by atoms with van der Waals surface area (Å²) in [7, 11) is 0. The van der Waals surface area contributed by atoms with E-state index < -0.39 is 0 Å². The van der Waals surface area contributed by atoms with Crippen LogP contribution in [0.4, 0.5) is 0 Å². The fraction of sp³-hybridized carbons (Fsp3) is 0.840. The van der Waals surface area contributed by atoms with Crippen molar-refractivity contribution in [3.8, 4) is 0 Å². The topological polar surface area (TPSA) is 0 Å². The Kier molecular flexibility index (Phi) is 10.7. The fourth-order valence-corrected chi connectivity index (χ4v) is 5.86. The predicted octanol–water partition coefficient (Wildman–Crippen LogP) is 9.17. The Morgan fingerprint density at radius 2 is 1.73 bits per heavy atom. The Hall–Kier alpha value is -0.170. The van der Waals surface area contributed by atoms with E-state index in [0.717, 1.165) is 5.92 Å². The van der Waals surface area contributed by atoms with Gasteiger partial charge in [-0.05, 0) is 65.9 Å². The molecule has 26 heavy (non-hydrogen) atoms. The summed E-state index contributed by atoms with van der Waals surface area (Å²) in [5, 5.41) is 0.